The predicted octanol–water partition coefficient (Wildman–Crippen LogP) is -0.0702. The van der Waals surface area contributed by atoms with Crippen LogP contribution in [0.3, 0.4) is 0 Å². The van der Waals surface area contributed by atoms with Gasteiger partial charge in [0.25, 0.3) is 17.4 Å². The second kappa shape index (κ2) is 10.9. The number of aliphatic carboxylic acids is 1. The topological polar surface area (TPSA) is 226 Å². The van der Waals surface area contributed by atoms with E-state index in [1.807, 2.05) is 0 Å². The largest absolute Gasteiger partial charge is 0.491 e. The number of thiazole rings is 1. The fourth-order valence-corrected chi connectivity index (χ4v) is 6.64. The second-order valence-corrected chi connectivity index (χ2v) is 11.1. The number of fused-ring (bicyclic) bond motifs is 3. The number of amides is 2. The van der Waals surface area contributed by atoms with Gasteiger partial charge in [0.1, 0.15) is 35.8 Å². The average molecular weight is 647 g/mol. The molecule has 2 bridgehead atoms. The third-order valence-corrected chi connectivity index (χ3v) is 8.52. The number of anilines is 1. The molecule has 1 saturated heterocycles. The number of aromatic nitrogens is 2. The van der Waals surface area contributed by atoms with Crippen LogP contribution < -0.4 is 16.6 Å². The zero-order chi connectivity index (χ0) is 31.4. The minimum absolute atomic E-state index is 0.0274. The number of ether oxygens (including phenoxy) is 1. The van der Waals surface area contributed by atoms with Crippen LogP contribution in [0.15, 0.2) is 37.2 Å². The number of alkyl halides is 3. The minimum atomic E-state index is -5.55. The van der Waals surface area contributed by atoms with E-state index in [2.05, 4.69) is 25.0 Å². The van der Waals surface area contributed by atoms with Crippen molar-refractivity contribution in [3.8, 4) is 0 Å². The first-order chi connectivity index (χ1) is 20.2. The molecule has 4 unspecified atom stereocenters. The highest BCUT2D eigenvalue weighted by Crippen LogP contribution is 2.46. The number of β-lactam (4-membered cyclic amide) rings is 1. The maximum atomic E-state index is 13.2. The van der Waals surface area contributed by atoms with Gasteiger partial charge in [-0.25, -0.2) is 14.6 Å². The molecule has 0 saturated carbocycles. The Hall–Kier alpha value is -4.66. The summed E-state index contributed by atoms with van der Waals surface area (Å²) in [5.74, 6) is -9.73. The molecule has 21 heteroatoms. The van der Waals surface area contributed by atoms with Crippen LogP contribution in [0.5, 0.6) is 0 Å². The molecule has 3 aliphatic heterocycles. The summed E-state index contributed by atoms with van der Waals surface area (Å²) in [4.78, 5) is 84.0. The molecule has 4 N–H and O–H groups in total. The standard InChI is InChI=1S/C22H17F3N6O10S2/c1-39-29-12(7-5-43-21(26)27-7)15(33)28-13-16(34)30-14(19(37)40-20(38)22(23,24)25)6(4-42-17(13)30)2-8-11(18(35)36)9-3-10(32)31(8)41-9/h3,5,8,11,13,17H,2,4H2,1H3,(H2,26,27)(H,28,33)(H,35,36)/b29-12-. The van der Waals surface area contributed by atoms with E-state index in [4.69, 9.17) is 10.3 Å². The third kappa shape index (κ3) is 5.24. The highest BCUT2D eigenvalue weighted by Gasteiger charge is 2.56. The van der Waals surface area contributed by atoms with Crippen molar-refractivity contribution in [1.29, 1.82) is 0 Å². The van der Waals surface area contributed by atoms with Crippen LogP contribution in [0.2, 0.25) is 0 Å². The van der Waals surface area contributed by atoms with Gasteiger partial charge in [0, 0.05) is 17.2 Å². The first-order valence-electron chi connectivity index (χ1n) is 11.8. The third-order valence-electron chi connectivity index (χ3n) is 6.51. The number of hydrogen-bond acceptors (Lipinski definition) is 14. The van der Waals surface area contributed by atoms with Gasteiger partial charge in [-0.15, -0.1) is 23.1 Å². The number of nitrogens with one attached hydrogen (secondary N) is 1. The number of esters is 2. The molecule has 4 atom stereocenters. The molecule has 16 nitrogen and oxygen atoms in total. The molecule has 2 aromatic heterocycles. The van der Waals surface area contributed by atoms with Crippen molar-refractivity contribution in [1.82, 2.24) is 19.9 Å². The molecule has 5 heterocycles. The molecule has 3 aliphatic rings. The number of carboxylic acids is 1. The molecule has 0 radical (unpaired) electrons. The maximum Gasteiger partial charge on any atom is 0.491 e. The van der Waals surface area contributed by atoms with Crippen molar-refractivity contribution >= 4 is 63.7 Å². The lowest BCUT2D eigenvalue weighted by atomic mass is 9.89. The number of rotatable bonds is 8. The van der Waals surface area contributed by atoms with E-state index < -0.39 is 77.0 Å². The van der Waals surface area contributed by atoms with Crippen molar-refractivity contribution in [2.45, 2.75) is 36.0 Å². The van der Waals surface area contributed by atoms with Crippen LogP contribution in [0.4, 0.5) is 18.3 Å². The SMILES string of the molecule is CO/N=C(\C(=O)NC1C(=O)N2C(C(=O)OC(=O)C(F)(F)F)=C(CC3C(C(=O)O)c4cc(=O)n3o4)CSC12)c1csc(N)n1. The molecular weight excluding hydrogens is 629 g/mol. The predicted molar refractivity (Wildman–Crippen MR) is 136 cm³/mol. The number of hydrogen-bond donors (Lipinski definition) is 3. The van der Waals surface area contributed by atoms with Gasteiger partial charge in [0.05, 0.1) is 6.04 Å². The van der Waals surface area contributed by atoms with Gasteiger partial charge in [-0.1, -0.05) is 5.16 Å². The number of nitrogen functional groups attached to an aromatic ring is 1. The number of thioether (sulfide) groups is 1. The summed E-state index contributed by atoms with van der Waals surface area (Å²) in [5, 5.41) is 16.1. The minimum Gasteiger partial charge on any atom is -0.481 e. The molecule has 0 aliphatic carbocycles. The van der Waals surface area contributed by atoms with E-state index in [0.717, 1.165) is 45.9 Å². The molecular formula is C22H17F3N6O10S2. The number of carboxylic acid groups (broad SMARTS) is 1. The molecule has 1 fully saturated rings. The van der Waals surface area contributed by atoms with Crippen LogP contribution in [-0.2, 0) is 33.5 Å². The molecule has 228 valence electrons. The summed E-state index contributed by atoms with van der Waals surface area (Å²) in [6.07, 6.45) is -6.00. The molecule has 0 aromatic carbocycles. The number of oxime groups is 1. The average Bonchev–Trinajstić information content (AvgIpc) is 3.63. The van der Waals surface area contributed by atoms with Gasteiger partial charge in [-0.2, -0.15) is 17.9 Å². The van der Waals surface area contributed by atoms with Crippen LogP contribution in [-0.4, -0.2) is 85.6 Å². The van der Waals surface area contributed by atoms with Gasteiger partial charge in [0.2, 0.25) is 0 Å². The van der Waals surface area contributed by atoms with Crippen molar-refractivity contribution in [3.63, 3.8) is 0 Å². The van der Waals surface area contributed by atoms with Crippen molar-refractivity contribution in [2.24, 2.45) is 5.16 Å². The van der Waals surface area contributed by atoms with Crippen molar-refractivity contribution < 1.29 is 56.3 Å². The van der Waals surface area contributed by atoms with Gasteiger partial charge in [-0.05, 0) is 12.0 Å². The van der Waals surface area contributed by atoms with E-state index in [1.165, 1.54) is 5.38 Å². The Labute approximate surface area is 244 Å². The van der Waals surface area contributed by atoms with Crippen LogP contribution in [0.25, 0.3) is 0 Å². The smallest absolute Gasteiger partial charge is 0.481 e. The van der Waals surface area contributed by atoms with Crippen molar-refractivity contribution in [3.05, 3.63) is 44.5 Å². The second-order valence-electron chi connectivity index (χ2n) is 9.07. The van der Waals surface area contributed by atoms with Gasteiger partial charge in [0.15, 0.2) is 16.6 Å². The Morgan fingerprint density at radius 1 is 1.30 bits per heavy atom. The zero-order valence-electron chi connectivity index (χ0n) is 21.3. The first kappa shape index (κ1) is 29.8. The monoisotopic (exact) mass is 646 g/mol. The summed E-state index contributed by atoms with van der Waals surface area (Å²) in [5.41, 5.74) is 3.72. The van der Waals surface area contributed by atoms with E-state index in [9.17, 15) is 47.0 Å². The van der Waals surface area contributed by atoms with Crippen molar-refractivity contribution in [2.75, 3.05) is 18.6 Å². The lowest BCUT2D eigenvalue weighted by molar-refractivity contribution is -0.201. The Morgan fingerprint density at radius 3 is 2.63 bits per heavy atom. The van der Waals surface area contributed by atoms with E-state index in [-0.39, 0.29) is 33.6 Å². The Balaban J connectivity index is 1.44. The number of nitrogens with two attached hydrogens (primary N) is 1. The number of carbonyl (C=O) groups is 5. The number of carbonyl (C=O) groups excluding carboxylic acids is 4. The summed E-state index contributed by atoms with van der Waals surface area (Å²) in [7, 11) is 1.15. The molecule has 5 rings (SSSR count). The van der Waals surface area contributed by atoms with Crippen LogP contribution >= 0.6 is 23.1 Å². The number of halogens is 3. The summed E-state index contributed by atoms with van der Waals surface area (Å²) in [6, 6.07) is -1.60. The molecule has 2 amide bonds. The molecule has 43 heavy (non-hydrogen) atoms. The molecule has 2 aromatic rings. The van der Waals surface area contributed by atoms with Crippen LogP contribution in [0, 0.1) is 0 Å². The fourth-order valence-electron chi connectivity index (χ4n) is 4.73. The Morgan fingerprint density at radius 2 is 2.02 bits per heavy atom. The van der Waals surface area contributed by atoms with Crippen LogP contribution in [0.1, 0.15) is 29.8 Å². The molecule has 0 spiro atoms. The first-order valence-corrected chi connectivity index (χ1v) is 13.7. The lowest BCUT2D eigenvalue weighted by Gasteiger charge is -2.49. The summed E-state index contributed by atoms with van der Waals surface area (Å²) < 4.78 is 48.6. The highest BCUT2D eigenvalue weighted by molar-refractivity contribution is 8.00. The van der Waals surface area contributed by atoms with E-state index in [0.29, 0.717) is 0 Å². The summed E-state index contributed by atoms with van der Waals surface area (Å²) in [6.45, 7) is 0. The summed E-state index contributed by atoms with van der Waals surface area (Å²) >= 11 is 1.96. The Kier molecular flexibility index (Phi) is 7.54. The van der Waals surface area contributed by atoms with E-state index in [1.54, 1.807) is 0 Å². The Bertz CT molecular complexity index is 1680. The van der Waals surface area contributed by atoms with Gasteiger partial charge >= 0.3 is 24.1 Å². The number of nitrogens with zero attached hydrogens (tertiary/aromatic N) is 4. The fraction of sp³-hybridized carbons (Fsp3) is 0.364. The normalized spacial score (nSPS) is 23.0. The van der Waals surface area contributed by atoms with Gasteiger partial charge < -0.3 is 30.3 Å². The zero-order valence-corrected chi connectivity index (χ0v) is 22.9. The lowest BCUT2D eigenvalue weighted by Crippen LogP contribution is -2.71. The quantitative estimate of drug-likeness (QED) is 0.112. The maximum absolute atomic E-state index is 13.2. The van der Waals surface area contributed by atoms with E-state index >= 15 is 0 Å². The van der Waals surface area contributed by atoms with Gasteiger partial charge in [-0.3, -0.25) is 24.1 Å². The highest BCUT2D eigenvalue weighted by atomic mass is 32.2.